The molecule has 0 aliphatic rings. The van der Waals surface area contributed by atoms with Gasteiger partial charge in [-0.25, -0.2) is 4.99 Å². The van der Waals surface area contributed by atoms with E-state index >= 15 is 0 Å². The molecule has 0 spiro atoms. The van der Waals surface area contributed by atoms with Crippen LogP contribution in [0.2, 0.25) is 0 Å². The molecule has 0 saturated carbocycles. The van der Waals surface area contributed by atoms with Crippen LogP contribution in [0.4, 0.5) is 0 Å². The van der Waals surface area contributed by atoms with Gasteiger partial charge in [0.2, 0.25) is 0 Å². The quantitative estimate of drug-likeness (QED) is 0.284. The molecule has 0 atom stereocenters. The summed E-state index contributed by atoms with van der Waals surface area (Å²) in [6.45, 7) is 3.42. The van der Waals surface area contributed by atoms with Crippen molar-refractivity contribution in [3.05, 3.63) is 53.9 Å². The number of aliphatic imine (C=N–C) groups is 1. The molecule has 10 heteroatoms. The molecule has 0 saturated heterocycles. The number of fused-ring (bicyclic) bond motifs is 1. The topological polar surface area (TPSA) is 123 Å². The number of hydrogen-bond acceptors (Lipinski definition) is 5. The minimum Gasteiger partial charge on any atom is -0.454 e. The number of carbonyl (C=O) groups is 1. The van der Waals surface area contributed by atoms with Crippen LogP contribution in [0.5, 0.6) is 0 Å². The first kappa shape index (κ1) is 19.7. The summed E-state index contributed by atoms with van der Waals surface area (Å²) < 4.78 is 7.22. The average molecular weight is 469 g/mol. The number of amides is 1. The van der Waals surface area contributed by atoms with Gasteiger partial charge in [0.1, 0.15) is 12.3 Å². The number of halogens is 1. The van der Waals surface area contributed by atoms with Crippen LogP contribution in [-0.4, -0.2) is 33.0 Å². The molecule has 9 nitrogen and oxygen atoms in total. The Morgan fingerprint density at radius 2 is 2.12 bits per heavy atom. The van der Waals surface area contributed by atoms with E-state index in [9.17, 15) is 4.79 Å². The van der Waals surface area contributed by atoms with Gasteiger partial charge in [0, 0.05) is 12.7 Å². The first-order valence-electron chi connectivity index (χ1n) is 7.86. The lowest BCUT2D eigenvalue weighted by Crippen LogP contribution is -2.36. The summed E-state index contributed by atoms with van der Waals surface area (Å²) >= 11 is 0. The van der Waals surface area contributed by atoms with Crippen molar-refractivity contribution in [3.63, 3.8) is 0 Å². The number of primary amides is 1. The van der Waals surface area contributed by atoms with E-state index in [1.165, 1.54) is 0 Å². The van der Waals surface area contributed by atoms with Crippen LogP contribution in [0.25, 0.3) is 5.65 Å². The lowest BCUT2D eigenvalue weighted by Gasteiger charge is -2.09. The van der Waals surface area contributed by atoms with Gasteiger partial charge < -0.3 is 20.8 Å². The van der Waals surface area contributed by atoms with Crippen LogP contribution in [0, 0.1) is 0 Å². The zero-order valence-electron chi connectivity index (χ0n) is 14.2. The zero-order valence-corrected chi connectivity index (χ0v) is 16.5. The van der Waals surface area contributed by atoms with Gasteiger partial charge in [-0.1, -0.05) is 6.07 Å². The first-order valence-corrected chi connectivity index (χ1v) is 7.86. The molecular weight excluding hydrogens is 449 g/mol. The summed E-state index contributed by atoms with van der Waals surface area (Å²) in [5, 5.41) is 14.5. The zero-order chi connectivity index (χ0) is 17.6. The molecule has 0 aliphatic heterocycles. The molecule has 3 heterocycles. The number of nitrogens with zero attached hydrogens (tertiary/aromatic N) is 4. The van der Waals surface area contributed by atoms with Crippen molar-refractivity contribution in [1.82, 2.24) is 25.2 Å². The molecule has 0 unspecified atom stereocenters. The van der Waals surface area contributed by atoms with E-state index in [1.807, 2.05) is 35.7 Å². The molecule has 1 amide bonds. The fraction of sp³-hybridized carbons (Fsp3) is 0.250. The summed E-state index contributed by atoms with van der Waals surface area (Å²) in [6.07, 6.45) is 1.90. The Bertz CT molecular complexity index is 903. The fourth-order valence-electron chi connectivity index (χ4n) is 2.27. The van der Waals surface area contributed by atoms with Crippen molar-refractivity contribution in [3.8, 4) is 0 Å². The Labute approximate surface area is 167 Å². The SMILES string of the molecule is CCNC(=NCc1nnc2ccccn12)NCc1ccc(C(N)=O)o1.I. The summed E-state index contributed by atoms with van der Waals surface area (Å²) in [7, 11) is 0. The summed E-state index contributed by atoms with van der Waals surface area (Å²) in [5.74, 6) is 1.47. The number of hydrogen-bond donors (Lipinski definition) is 3. The monoisotopic (exact) mass is 469 g/mol. The van der Waals surface area contributed by atoms with E-state index < -0.39 is 5.91 Å². The van der Waals surface area contributed by atoms with Crippen molar-refractivity contribution in [2.75, 3.05) is 6.54 Å². The maximum absolute atomic E-state index is 11.1. The summed E-state index contributed by atoms with van der Waals surface area (Å²) in [6, 6.07) is 8.96. The maximum atomic E-state index is 11.1. The van der Waals surface area contributed by atoms with Crippen molar-refractivity contribution in [2.45, 2.75) is 20.0 Å². The molecule has 4 N–H and O–H groups in total. The molecule has 26 heavy (non-hydrogen) atoms. The van der Waals surface area contributed by atoms with Crippen LogP contribution in [-0.2, 0) is 13.1 Å². The molecule has 3 aromatic rings. The highest BCUT2D eigenvalue weighted by Crippen LogP contribution is 2.07. The number of nitrogens with two attached hydrogens (primary N) is 1. The number of rotatable bonds is 6. The fourth-order valence-corrected chi connectivity index (χ4v) is 2.27. The number of guanidine groups is 1. The molecular formula is C16H20IN7O2. The van der Waals surface area contributed by atoms with Crippen LogP contribution in [0.1, 0.15) is 29.1 Å². The second-order valence-electron chi connectivity index (χ2n) is 5.22. The van der Waals surface area contributed by atoms with Gasteiger partial charge in [-0.2, -0.15) is 0 Å². The van der Waals surface area contributed by atoms with Crippen LogP contribution in [0.15, 0.2) is 45.9 Å². The van der Waals surface area contributed by atoms with Crippen LogP contribution < -0.4 is 16.4 Å². The lowest BCUT2D eigenvalue weighted by molar-refractivity contribution is 0.0972. The number of carbonyl (C=O) groups excluding carboxylic acids is 1. The Morgan fingerprint density at radius 1 is 1.27 bits per heavy atom. The lowest BCUT2D eigenvalue weighted by atomic mass is 10.4. The second kappa shape index (κ2) is 9.17. The Hall–Kier alpha value is -2.63. The third-order valence-corrected chi connectivity index (χ3v) is 3.44. The van der Waals surface area contributed by atoms with E-state index in [1.54, 1.807) is 12.1 Å². The van der Waals surface area contributed by atoms with Crippen LogP contribution >= 0.6 is 24.0 Å². The summed E-state index contributed by atoms with van der Waals surface area (Å²) in [5.41, 5.74) is 5.95. The van der Waals surface area contributed by atoms with Gasteiger partial charge in [0.25, 0.3) is 5.91 Å². The maximum Gasteiger partial charge on any atom is 0.284 e. The van der Waals surface area contributed by atoms with E-state index in [4.69, 9.17) is 10.2 Å². The number of furan rings is 1. The standard InChI is InChI=1S/C16H19N7O2.HI/c1-2-18-16(19-9-11-6-7-12(25-11)15(17)24)20-10-14-22-21-13-5-3-4-8-23(13)14;/h3-8H,2,9-10H2,1H3,(H2,17,24)(H2,18,19,20);1H. The van der Waals surface area contributed by atoms with E-state index in [0.29, 0.717) is 31.4 Å². The molecule has 0 radical (unpaired) electrons. The highest BCUT2D eigenvalue weighted by Gasteiger charge is 2.08. The van der Waals surface area contributed by atoms with Crippen molar-refractivity contribution >= 4 is 41.5 Å². The normalized spacial score (nSPS) is 11.2. The smallest absolute Gasteiger partial charge is 0.284 e. The highest BCUT2D eigenvalue weighted by atomic mass is 127. The summed E-state index contributed by atoms with van der Waals surface area (Å²) in [4.78, 5) is 15.6. The third kappa shape index (κ3) is 4.71. The van der Waals surface area contributed by atoms with Gasteiger partial charge in [-0.15, -0.1) is 34.2 Å². The van der Waals surface area contributed by atoms with Crippen LogP contribution in [0.3, 0.4) is 0 Å². The Balaban J connectivity index is 0.00000243. The van der Waals surface area contributed by atoms with Gasteiger partial charge in [0.05, 0.1) is 6.54 Å². The largest absolute Gasteiger partial charge is 0.454 e. The van der Waals surface area contributed by atoms with Gasteiger partial charge in [-0.05, 0) is 31.2 Å². The Morgan fingerprint density at radius 3 is 2.85 bits per heavy atom. The molecule has 3 aromatic heterocycles. The second-order valence-corrected chi connectivity index (χ2v) is 5.22. The minimum atomic E-state index is -0.592. The number of aromatic nitrogens is 3. The van der Waals surface area contributed by atoms with E-state index in [2.05, 4.69) is 25.8 Å². The Kier molecular flexibility index (Phi) is 6.95. The van der Waals surface area contributed by atoms with Crippen molar-refractivity contribution in [1.29, 1.82) is 0 Å². The minimum absolute atomic E-state index is 0. The van der Waals surface area contributed by atoms with E-state index in [0.717, 1.165) is 11.5 Å². The van der Waals surface area contributed by atoms with Gasteiger partial charge >= 0.3 is 0 Å². The van der Waals surface area contributed by atoms with Gasteiger partial charge in [-0.3, -0.25) is 9.20 Å². The molecule has 0 aliphatic carbocycles. The first-order chi connectivity index (χ1) is 12.2. The third-order valence-electron chi connectivity index (χ3n) is 3.44. The van der Waals surface area contributed by atoms with Crippen molar-refractivity contribution < 1.29 is 9.21 Å². The highest BCUT2D eigenvalue weighted by molar-refractivity contribution is 14.0. The molecule has 0 fully saturated rings. The van der Waals surface area contributed by atoms with E-state index in [-0.39, 0.29) is 29.7 Å². The predicted molar refractivity (Wildman–Crippen MR) is 107 cm³/mol. The van der Waals surface area contributed by atoms with Crippen molar-refractivity contribution in [2.24, 2.45) is 10.7 Å². The molecule has 0 bridgehead atoms. The number of nitrogens with one attached hydrogen (secondary N) is 2. The molecule has 3 rings (SSSR count). The number of pyridine rings is 1. The molecule has 0 aromatic carbocycles. The molecule has 138 valence electrons. The average Bonchev–Trinajstić information content (AvgIpc) is 3.24. The van der Waals surface area contributed by atoms with Gasteiger partial charge in [0.15, 0.2) is 23.2 Å². The predicted octanol–water partition coefficient (Wildman–Crippen LogP) is 1.29.